The van der Waals surface area contributed by atoms with E-state index in [9.17, 15) is 13.8 Å². The third-order valence-electron chi connectivity index (χ3n) is 11.4. The fourth-order valence-corrected chi connectivity index (χ4v) is 11.9. The number of nitrogens with one attached hydrogen (secondary N) is 1. The van der Waals surface area contributed by atoms with E-state index in [4.69, 9.17) is 14.2 Å². The standard InChI is InChI=1S/C40H48N4O6S2/c1-26-7-11-34-28(17-26)13-16-51-40(34)24-44-20-30-8-10-33(30)36(48-3)6-4-5-27(2)23-52(47,41-38(45)29-9-12-37(50-25-40)35(44)19-29)42-39(46)31-18-32-22-49-15-14-43(32)21-31/h4,6-7,9,11-12,17-19,21,27,30,33,36H,5,8,10,13-16,20,22-25H2,1-3H3,(H,41,42,45,46,47)/b6-4+/t27-,30-,33+,36-,40+,52-/m0/s1. The van der Waals surface area contributed by atoms with Crippen molar-refractivity contribution in [2.75, 3.05) is 49.8 Å². The zero-order valence-electron chi connectivity index (χ0n) is 30.2. The first-order valence-electron chi connectivity index (χ1n) is 18.5. The predicted molar refractivity (Wildman–Crippen MR) is 204 cm³/mol. The number of hydrogen-bond acceptors (Lipinski definition) is 8. The number of hydrogen-bond donors (Lipinski definition) is 1. The zero-order chi connectivity index (χ0) is 36.0. The minimum absolute atomic E-state index is 0.0218. The Labute approximate surface area is 311 Å². The predicted octanol–water partition coefficient (Wildman–Crippen LogP) is 6.30. The molecule has 0 radical (unpaired) electrons. The maximum Gasteiger partial charge on any atom is 0.286 e. The van der Waals surface area contributed by atoms with Crippen molar-refractivity contribution in [3.05, 3.63) is 94.3 Å². The van der Waals surface area contributed by atoms with Crippen LogP contribution in [0.4, 0.5) is 5.69 Å². The largest absolute Gasteiger partial charge is 0.490 e. The van der Waals surface area contributed by atoms with Crippen molar-refractivity contribution in [2.24, 2.45) is 22.1 Å². The van der Waals surface area contributed by atoms with Crippen LogP contribution in [0, 0.1) is 24.7 Å². The highest BCUT2D eigenvalue weighted by Gasteiger charge is 2.45. The molecule has 10 nitrogen and oxygen atoms in total. The summed E-state index contributed by atoms with van der Waals surface area (Å²) in [6.45, 7) is 7.76. The summed E-state index contributed by atoms with van der Waals surface area (Å²) in [6.07, 6.45) is 9.75. The Morgan fingerprint density at radius 3 is 2.87 bits per heavy atom. The molecule has 1 saturated carbocycles. The fraction of sp³-hybridized carbons (Fsp3) is 0.500. The van der Waals surface area contributed by atoms with E-state index in [1.165, 1.54) is 16.7 Å². The number of fused-ring (bicyclic) bond motifs is 5. The lowest BCUT2D eigenvalue weighted by Crippen LogP contribution is -2.48. The molecular weight excluding hydrogens is 697 g/mol. The lowest BCUT2D eigenvalue weighted by atomic mass is 9.70. The Morgan fingerprint density at radius 1 is 1.17 bits per heavy atom. The minimum Gasteiger partial charge on any atom is -0.490 e. The van der Waals surface area contributed by atoms with Gasteiger partial charge in [0, 0.05) is 44.2 Å². The summed E-state index contributed by atoms with van der Waals surface area (Å²) in [4.78, 5) is 30.1. The smallest absolute Gasteiger partial charge is 0.286 e. The average molecular weight is 745 g/mol. The quantitative estimate of drug-likeness (QED) is 0.312. The summed E-state index contributed by atoms with van der Waals surface area (Å²) in [5.74, 6) is 1.22. The van der Waals surface area contributed by atoms with Gasteiger partial charge in [0.15, 0.2) is 0 Å². The van der Waals surface area contributed by atoms with Gasteiger partial charge in [-0.3, -0.25) is 14.3 Å². The van der Waals surface area contributed by atoms with E-state index in [2.05, 4.69) is 51.3 Å². The maximum absolute atomic E-state index is 14.6. The Bertz CT molecular complexity index is 2010. The summed E-state index contributed by atoms with van der Waals surface area (Å²) < 4.78 is 41.7. The van der Waals surface area contributed by atoms with Crippen LogP contribution in [0.25, 0.3) is 0 Å². The number of aromatic nitrogens is 1. The highest BCUT2D eigenvalue weighted by atomic mass is 32.2. The molecule has 12 heteroatoms. The van der Waals surface area contributed by atoms with E-state index < -0.39 is 21.7 Å². The molecule has 4 aliphatic heterocycles. The van der Waals surface area contributed by atoms with Gasteiger partial charge < -0.3 is 23.7 Å². The third kappa shape index (κ3) is 6.95. The number of anilines is 1. The number of allylic oxidation sites excluding steroid dienone is 1. The molecule has 1 N–H and O–H groups in total. The normalized spacial score (nSPS) is 30.8. The number of carbonyl (C=O) groups is 2. The fourth-order valence-electron chi connectivity index (χ4n) is 8.55. The second-order valence-electron chi connectivity index (χ2n) is 15.2. The van der Waals surface area contributed by atoms with Crippen molar-refractivity contribution in [3.8, 4) is 5.75 Å². The van der Waals surface area contributed by atoms with Gasteiger partial charge in [-0.1, -0.05) is 42.8 Å². The van der Waals surface area contributed by atoms with E-state index in [0.717, 1.165) is 55.2 Å². The van der Waals surface area contributed by atoms with Gasteiger partial charge in [-0.2, -0.15) is 0 Å². The van der Waals surface area contributed by atoms with Gasteiger partial charge in [-0.25, -0.2) is 4.21 Å². The summed E-state index contributed by atoms with van der Waals surface area (Å²) in [7, 11) is -1.74. The maximum atomic E-state index is 14.6. The van der Waals surface area contributed by atoms with E-state index in [-0.39, 0.29) is 22.5 Å². The molecule has 0 saturated heterocycles. The average Bonchev–Trinajstić information content (AvgIpc) is 3.49. The van der Waals surface area contributed by atoms with Gasteiger partial charge in [-0.15, -0.1) is 16.1 Å². The number of rotatable bonds is 3. The molecular formula is C40H48N4O6S2. The molecule has 2 amide bonds. The van der Waals surface area contributed by atoms with Gasteiger partial charge in [0.2, 0.25) is 0 Å². The molecule has 0 unspecified atom stereocenters. The van der Waals surface area contributed by atoms with Crippen LogP contribution in [-0.2, 0) is 43.7 Å². The highest BCUT2D eigenvalue weighted by Crippen LogP contribution is 2.49. The highest BCUT2D eigenvalue weighted by molar-refractivity contribution is 8.00. The molecule has 5 aliphatic rings. The van der Waals surface area contributed by atoms with Crippen molar-refractivity contribution in [3.63, 3.8) is 0 Å². The van der Waals surface area contributed by atoms with Gasteiger partial charge in [0.05, 0.1) is 41.1 Å². The molecule has 1 aliphatic carbocycles. The second-order valence-corrected chi connectivity index (χ2v) is 18.7. The summed E-state index contributed by atoms with van der Waals surface area (Å²) in [5.41, 5.74) is 6.36. The van der Waals surface area contributed by atoms with E-state index in [0.29, 0.717) is 55.7 Å². The number of thioether (sulfide) groups is 1. The Balaban J connectivity index is 1.18. The second kappa shape index (κ2) is 14.3. The van der Waals surface area contributed by atoms with Gasteiger partial charge in [0.1, 0.15) is 22.3 Å². The first kappa shape index (κ1) is 35.4. The van der Waals surface area contributed by atoms with Gasteiger partial charge >= 0.3 is 0 Å². The Hall–Kier alpha value is -3.58. The molecule has 8 rings (SSSR count). The van der Waals surface area contributed by atoms with Gasteiger partial charge in [0.25, 0.3) is 11.8 Å². The molecule has 1 aromatic heterocycles. The van der Waals surface area contributed by atoms with Crippen LogP contribution in [-0.4, -0.2) is 71.6 Å². The number of benzene rings is 2. The summed E-state index contributed by atoms with van der Waals surface area (Å²) >= 11 is 1.96. The molecule has 5 heterocycles. The number of nitrogens with zero attached hydrogens (tertiary/aromatic N) is 3. The minimum atomic E-state index is -3.52. The molecule has 276 valence electrons. The number of ether oxygens (including phenoxy) is 3. The number of aryl methyl sites for hydroxylation is 2. The third-order valence-corrected chi connectivity index (χ3v) is 14.8. The number of amides is 2. The summed E-state index contributed by atoms with van der Waals surface area (Å²) in [6, 6.07) is 14.0. The first-order valence-corrected chi connectivity index (χ1v) is 21.1. The van der Waals surface area contributed by atoms with Gasteiger partial charge in [-0.05, 0) is 91.5 Å². The molecule has 1 fully saturated rings. The molecule has 1 spiro atoms. The SMILES string of the molecule is CO[C@H]1/C=C/C[C@H](C)C[S@@](=O)(NC(=O)c2cc3n(c2)CCOC3)=NC(=O)c2ccc3c(c2)N(C[C@@H]2CC[C@H]21)C[C@]1(CO3)SCCc2cc(C)ccc21. The van der Waals surface area contributed by atoms with E-state index >= 15 is 0 Å². The first-order chi connectivity index (χ1) is 25.1. The van der Waals surface area contributed by atoms with Crippen molar-refractivity contribution >= 4 is 39.2 Å². The van der Waals surface area contributed by atoms with Crippen LogP contribution in [0.1, 0.15) is 69.3 Å². The topological polar surface area (TPSA) is 111 Å². The van der Waals surface area contributed by atoms with E-state index in [1.807, 2.05) is 35.4 Å². The molecule has 2 bridgehead atoms. The Kier molecular flexibility index (Phi) is 9.77. The van der Waals surface area contributed by atoms with Crippen LogP contribution in [0.15, 0.2) is 65.2 Å². The van der Waals surface area contributed by atoms with Crippen LogP contribution >= 0.6 is 11.8 Å². The number of carbonyl (C=O) groups excluding carboxylic acids is 2. The van der Waals surface area contributed by atoms with Crippen LogP contribution < -0.4 is 14.4 Å². The molecule has 52 heavy (non-hydrogen) atoms. The van der Waals surface area contributed by atoms with Crippen LogP contribution in [0.5, 0.6) is 5.75 Å². The summed E-state index contributed by atoms with van der Waals surface area (Å²) in [5, 5.41) is 0. The lowest BCUT2D eigenvalue weighted by Gasteiger charge is -2.45. The van der Waals surface area contributed by atoms with Crippen molar-refractivity contribution in [1.29, 1.82) is 0 Å². The molecule has 6 atom stereocenters. The Morgan fingerprint density at radius 2 is 2.06 bits per heavy atom. The molecule has 3 aromatic rings. The zero-order valence-corrected chi connectivity index (χ0v) is 31.8. The monoisotopic (exact) mass is 744 g/mol. The lowest BCUT2D eigenvalue weighted by molar-refractivity contribution is 0.0134. The number of methoxy groups -OCH3 is 1. The van der Waals surface area contributed by atoms with Crippen LogP contribution in [0.2, 0.25) is 0 Å². The molecule has 2 aromatic carbocycles. The van der Waals surface area contributed by atoms with Crippen LogP contribution in [0.3, 0.4) is 0 Å². The van der Waals surface area contributed by atoms with E-state index in [1.54, 1.807) is 25.4 Å². The van der Waals surface area contributed by atoms with Crippen molar-refractivity contribution in [2.45, 2.75) is 63.5 Å². The van der Waals surface area contributed by atoms with Crippen molar-refractivity contribution in [1.82, 2.24) is 9.29 Å². The van der Waals surface area contributed by atoms with Crippen molar-refractivity contribution < 1.29 is 28.0 Å².